The van der Waals surface area contributed by atoms with Gasteiger partial charge in [-0.3, -0.25) is 19.2 Å². The zero-order valence-electron chi connectivity index (χ0n) is 25.3. The van der Waals surface area contributed by atoms with Crippen molar-refractivity contribution in [1.82, 2.24) is 0 Å². The Morgan fingerprint density at radius 1 is 1.09 bits per heavy atom. The van der Waals surface area contributed by atoms with Gasteiger partial charge < -0.3 is 9.84 Å². The molecule has 0 aromatic heterocycles. The average Bonchev–Trinajstić information content (AvgIpc) is 3.19. The van der Waals surface area contributed by atoms with E-state index in [4.69, 9.17) is 4.74 Å². The zero-order chi connectivity index (χ0) is 33.3. The van der Waals surface area contributed by atoms with Gasteiger partial charge in [0.15, 0.2) is 22.8 Å². The summed E-state index contributed by atoms with van der Waals surface area (Å²) < 4.78 is 78.2. The molecular formula is C33H35F5O6S. The van der Waals surface area contributed by atoms with Crippen molar-refractivity contribution in [3.63, 3.8) is 0 Å². The highest BCUT2D eigenvalue weighted by Gasteiger charge is 2.78. The predicted molar refractivity (Wildman–Crippen MR) is 156 cm³/mol. The van der Waals surface area contributed by atoms with Crippen LogP contribution in [0.25, 0.3) is 0 Å². The molecule has 0 heterocycles. The van der Waals surface area contributed by atoms with Crippen LogP contribution in [0, 0.1) is 28.6 Å². The number of aliphatic hydroxyl groups is 1. The van der Waals surface area contributed by atoms with Crippen molar-refractivity contribution in [2.75, 3.05) is 5.75 Å². The van der Waals surface area contributed by atoms with E-state index in [0.29, 0.717) is 11.8 Å². The number of hydrogen-bond acceptors (Lipinski definition) is 7. The summed E-state index contributed by atoms with van der Waals surface area (Å²) in [7, 11) is 0. The number of esters is 1. The first-order chi connectivity index (χ1) is 20.9. The number of alkyl halides is 5. The summed E-state index contributed by atoms with van der Waals surface area (Å²) in [5, 5.41) is 10.9. The van der Waals surface area contributed by atoms with E-state index in [9.17, 15) is 37.5 Å². The number of halogens is 5. The Bertz CT molecular complexity index is 1490. The predicted octanol–water partition coefficient (Wildman–Crippen LogP) is 6.40. The summed E-state index contributed by atoms with van der Waals surface area (Å²) in [5.74, 6) is -4.87. The summed E-state index contributed by atoms with van der Waals surface area (Å²) in [6.07, 6.45) is -5.09. The summed E-state index contributed by atoms with van der Waals surface area (Å²) in [6, 6.07) is 3.57. The molecule has 4 aliphatic carbocycles. The first-order valence-corrected chi connectivity index (χ1v) is 15.9. The Morgan fingerprint density at radius 2 is 1.73 bits per heavy atom. The van der Waals surface area contributed by atoms with E-state index in [-0.39, 0.29) is 36.8 Å². The molecule has 5 rings (SSSR count). The Balaban J connectivity index is 1.49. The van der Waals surface area contributed by atoms with Gasteiger partial charge in [0.25, 0.3) is 0 Å². The maximum atomic E-state index is 17.6. The van der Waals surface area contributed by atoms with Gasteiger partial charge in [0.05, 0.1) is 17.4 Å². The molecule has 0 aliphatic heterocycles. The van der Waals surface area contributed by atoms with Crippen LogP contribution in [0.2, 0.25) is 0 Å². The molecule has 0 amide bonds. The van der Waals surface area contributed by atoms with Crippen molar-refractivity contribution in [3.05, 3.63) is 59.2 Å². The highest BCUT2D eigenvalue weighted by Crippen LogP contribution is 2.72. The Morgan fingerprint density at radius 3 is 2.33 bits per heavy atom. The lowest BCUT2D eigenvalue weighted by molar-refractivity contribution is -0.228. The van der Waals surface area contributed by atoms with Gasteiger partial charge in [-0.25, -0.2) is 8.78 Å². The Labute approximate surface area is 261 Å². The van der Waals surface area contributed by atoms with Crippen molar-refractivity contribution in [3.8, 4) is 0 Å². The van der Waals surface area contributed by atoms with Crippen molar-refractivity contribution < 1.29 is 51.0 Å². The minimum absolute atomic E-state index is 0.0421. The van der Waals surface area contributed by atoms with E-state index in [0.717, 1.165) is 30.3 Å². The molecule has 9 atom stereocenters. The Hall–Kier alpha value is -2.86. The van der Waals surface area contributed by atoms with Crippen LogP contribution in [0.3, 0.4) is 0 Å². The lowest BCUT2D eigenvalue weighted by Crippen LogP contribution is -2.70. The van der Waals surface area contributed by atoms with Crippen LogP contribution in [0.4, 0.5) is 22.0 Å². The number of carbonyl (C=O) groups excluding carboxylic acids is 4. The summed E-state index contributed by atoms with van der Waals surface area (Å²) in [6.45, 7) is 6.29. The topological polar surface area (TPSA) is 97.7 Å². The smallest absolute Gasteiger partial charge is 0.416 e. The normalized spacial score (nSPS) is 38.9. The number of benzene rings is 1. The molecule has 3 fully saturated rings. The molecular weight excluding hydrogens is 619 g/mol. The number of thioether (sulfide) groups is 1. The molecule has 0 radical (unpaired) electrons. The second-order valence-electron chi connectivity index (χ2n) is 13.1. The van der Waals surface area contributed by atoms with Crippen LogP contribution in [0.5, 0.6) is 0 Å². The fraction of sp³-hybridized carbons (Fsp3) is 0.576. The third-order valence-corrected chi connectivity index (χ3v) is 11.9. The van der Waals surface area contributed by atoms with Gasteiger partial charge in [0, 0.05) is 34.7 Å². The minimum atomic E-state index is -4.59. The molecule has 0 spiro atoms. The minimum Gasteiger partial charge on any atom is -0.449 e. The SMILES string of the molecule is CCC(=O)O[C@]1(C(=O)SCC(=O)c2ccc(C(F)(F)F)cc2)[C@H](C)C[C@H]2[C@@H]3C[C@H](F)C4=CC(=O)C=C[C@]4(C)[C@@]3(F)[C@@H](O)C[C@@]21C. The van der Waals surface area contributed by atoms with E-state index in [1.165, 1.54) is 26.0 Å². The summed E-state index contributed by atoms with van der Waals surface area (Å²) >= 11 is 0.549. The van der Waals surface area contributed by atoms with Crippen LogP contribution >= 0.6 is 11.8 Å². The molecule has 45 heavy (non-hydrogen) atoms. The molecule has 244 valence electrons. The molecule has 3 saturated carbocycles. The lowest BCUT2D eigenvalue weighted by Gasteiger charge is -2.63. The monoisotopic (exact) mass is 654 g/mol. The average molecular weight is 655 g/mol. The van der Waals surface area contributed by atoms with Crippen molar-refractivity contribution in [2.45, 2.75) is 83.1 Å². The largest absolute Gasteiger partial charge is 0.449 e. The van der Waals surface area contributed by atoms with Gasteiger partial charge in [-0.1, -0.05) is 50.7 Å². The van der Waals surface area contributed by atoms with Gasteiger partial charge in [-0.05, 0) is 62.0 Å². The molecule has 1 N–H and O–H groups in total. The molecule has 1 aromatic carbocycles. The van der Waals surface area contributed by atoms with E-state index in [1.54, 1.807) is 13.8 Å². The van der Waals surface area contributed by atoms with Crippen LogP contribution in [0.15, 0.2) is 48.1 Å². The van der Waals surface area contributed by atoms with Crippen molar-refractivity contribution >= 4 is 34.4 Å². The van der Waals surface area contributed by atoms with E-state index < -0.39 is 92.3 Å². The number of hydrogen-bond donors (Lipinski definition) is 1. The quantitative estimate of drug-likeness (QED) is 0.215. The second kappa shape index (κ2) is 11.1. The number of rotatable bonds is 6. The van der Waals surface area contributed by atoms with Crippen LogP contribution in [-0.4, -0.2) is 57.1 Å². The van der Waals surface area contributed by atoms with Crippen LogP contribution < -0.4 is 0 Å². The number of ether oxygens (including phenoxy) is 1. The summed E-state index contributed by atoms with van der Waals surface area (Å²) in [5.41, 5.74) is -8.35. The molecule has 6 nitrogen and oxygen atoms in total. The van der Waals surface area contributed by atoms with Gasteiger partial charge >= 0.3 is 12.1 Å². The zero-order valence-corrected chi connectivity index (χ0v) is 26.1. The number of ketones is 2. The fourth-order valence-corrected chi connectivity index (χ4v) is 9.76. The molecule has 4 aliphatic rings. The third-order valence-electron chi connectivity index (χ3n) is 10.9. The molecule has 0 saturated heterocycles. The summed E-state index contributed by atoms with van der Waals surface area (Å²) in [4.78, 5) is 52.1. The molecule has 12 heteroatoms. The van der Waals surface area contributed by atoms with Crippen LogP contribution in [0.1, 0.15) is 69.3 Å². The number of Topliss-reactive ketones (excluding diaryl/α,β-unsaturated/α-hetero) is 1. The Kier molecular flexibility index (Phi) is 8.29. The number of allylic oxidation sites excluding steroid dienone is 4. The van der Waals surface area contributed by atoms with Crippen molar-refractivity contribution in [1.29, 1.82) is 0 Å². The lowest BCUT2D eigenvalue weighted by atomic mass is 9.44. The first-order valence-electron chi connectivity index (χ1n) is 14.9. The van der Waals surface area contributed by atoms with E-state index >= 15 is 8.78 Å². The van der Waals surface area contributed by atoms with Gasteiger partial charge in [0.1, 0.15) is 6.17 Å². The number of carbonyl (C=O) groups is 4. The van der Waals surface area contributed by atoms with Crippen LogP contribution in [-0.2, 0) is 25.3 Å². The van der Waals surface area contributed by atoms with E-state index in [1.807, 2.05) is 0 Å². The maximum absolute atomic E-state index is 17.6. The standard InChI is InChI=1S/C33H35F5O6S/c1-5-27(42)44-32(28(43)45-16-25(40)18-6-8-19(9-7-18)33(36,37)38)17(2)12-21-22-14-24(34)23-13-20(39)10-11-29(23,3)31(22,35)26(41)15-30(21,32)4/h6-11,13,17,21-22,24,26,41H,5,12,14-16H2,1-4H3/t17-,21+,22+,24+,26+,29+,30+,31+,32+/m1/s1. The number of aliphatic hydroxyl groups excluding tert-OH is 1. The van der Waals surface area contributed by atoms with Gasteiger partial charge in [-0.15, -0.1) is 0 Å². The number of fused-ring (bicyclic) bond motifs is 5. The van der Waals surface area contributed by atoms with Crippen molar-refractivity contribution in [2.24, 2.45) is 28.6 Å². The maximum Gasteiger partial charge on any atom is 0.416 e. The highest BCUT2D eigenvalue weighted by atomic mass is 32.2. The third kappa shape index (κ3) is 4.84. The van der Waals surface area contributed by atoms with Gasteiger partial charge in [-0.2, -0.15) is 13.2 Å². The van der Waals surface area contributed by atoms with Gasteiger partial charge in [0.2, 0.25) is 5.12 Å². The fourth-order valence-electron chi connectivity index (χ4n) is 8.64. The molecule has 1 aromatic rings. The molecule has 0 bridgehead atoms. The second-order valence-corrected chi connectivity index (χ2v) is 14.1. The first kappa shape index (κ1) is 33.5. The highest BCUT2D eigenvalue weighted by molar-refractivity contribution is 8.14. The van der Waals surface area contributed by atoms with E-state index in [2.05, 4.69) is 0 Å². The molecule has 0 unspecified atom stereocenters.